The molecule has 0 bridgehead atoms. The number of methoxy groups -OCH3 is 1. The third kappa shape index (κ3) is 2.40. The van der Waals surface area contributed by atoms with E-state index in [-0.39, 0.29) is 23.2 Å². The molecule has 0 aliphatic heterocycles. The van der Waals surface area contributed by atoms with Crippen LogP contribution in [0.1, 0.15) is 33.5 Å². The highest BCUT2D eigenvalue weighted by molar-refractivity contribution is 5.92. The van der Waals surface area contributed by atoms with Crippen LogP contribution < -0.4 is 5.73 Å². The molecule has 2 N–H and O–H groups in total. The van der Waals surface area contributed by atoms with Crippen LogP contribution >= 0.6 is 0 Å². The summed E-state index contributed by atoms with van der Waals surface area (Å²) in [6.07, 6.45) is -2.87. The minimum absolute atomic E-state index is 0.129. The predicted octanol–water partition coefficient (Wildman–Crippen LogP) is 1.74. The third-order valence-electron chi connectivity index (χ3n) is 2.29. The number of alkyl halides is 2. The number of nitrogens with two attached hydrogens (primary N) is 1. The fourth-order valence-corrected chi connectivity index (χ4v) is 1.49. The Morgan fingerprint density at radius 1 is 1.59 bits per heavy atom. The lowest BCUT2D eigenvalue weighted by atomic mass is 9.96. The molecule has 1 rings (SSSR count). The summed E-state index contributed by atoms with van der Waals surface area (Å²) < 4.78 is 30.1. The summed E-state index contributed by atoms with van der Waals surface area (Å²) in [7, 11) is 1.11. The Bertz CT molecular complexity index is 481. The fraction of sp³-hybridized carbons (Fsp3) is 0.273. The first kappa shape index (κ1) is 13.1. The Hall–Kier alpha value is -2.00. The molecule has 90 valence electrons. The van der Waals surface area contributed by atoms with E-state index < -0.39 is 18.0 Å². The van der Waals surface area contributed by atoms with Crippen molar-refractivity contribution in [1.82, 2.24) is 0 Å². The molecule has 0 aliphatic carbocycles. The van der Waals surface area contributed by atoms with E-state index in [0.717, 1.165) is 7.11 Å². The zero-order chi connectivity index (χ0) is 13.0. The van der Waals surface area contributed by atoms with Gasteiger partial charge < -0.3 is 10.5 Å². The van der Waals surface area contributed by atoms with Gasteiger partial charge in [0, 0.05) is 12.1 Å². The summed E-state index contributed by atoms with van der Waals surface area (Å²) >= 11 is 0. The van der Waals surface area contributed by atoms with Crippen molar-refractivity contribution in [2.75, 3.05) is 7.11 Å². The van der Waals surface area contributed by atoms with Crippen molar-refractivity contribution in [3.63, 3.8) is 0 Å². The second-order valence-corrected chi connectivity index (χ2v) is 3.17. The number of nitrogens with zero attached hydrogens (tertiary/aromatic N) is 1. The minimum atomic E-state index is -2.87. The van der Waals surface area contributed by atoms with Crippen LogP contribution in [-0.2, 0) is 11.3 Å². The van der Waals surface area contributed by atoms with Crippen LogP contribution in [-0.4, -0.2) is 13.1 Å². The minimum Gasteiger partial charge on any atom is -0.465 e. The quantitative estimate of drug-likeness (QED) is 0.816. The molecular formula is C11H10F2N2O2. The number of hydrogen-bond donors (Lipinski definition) is 1. The molecule has 0 radical (unpaired) electrons. The molecule has 0 saturated heterocycles. The molecule has 0 spiro atoms. The average molecular weight is 240 g/mol. The summed E-state index contributed by atoms with van der Waals surface area (Å²) in [4.78, 5) is 11.3. The van der Waals surface area contributed by atoms with E-state index in [0.29, 0.717) is 0 Å². The molecule has 4 nitrogen and oxygen atoms in total. The second-order valence-electron chi connectivity index (χ2n) is 3.17. The first-order valence-electron chi connectivity index (χ1n) is 4.69. The lowest BCUT2D eigenvalue weighted by Crippen LogP contribution is -2.11. The predicted molar refractivity (Wildman–Crippen MR) is 55.3 cm³/mol. The molecule has 1 aromatic carbocycles. The smallest absolute Gasteiger partial charge is 0.339 e. The van der Waals surface area contributed by atoms with Gasteiger partial charge in [-0.15, -0.1) is 0 Å². The average Bonchev–Trinajstić information content (AvgIpc) is 2.35. The summed E-state index contributed by atoms with van der Waals surface area (Å²) in [5.41, 5.74) is 4.39. The van der Waals surface area contributed by atoms with Crippen LogP contribution in [0, 0.1) is 11.3 Å². The number of rotatable bonds is 3. The van der Waals surface area contributed by atoms with Crippen LogP contribution in [0.5, 0.6) is 0 Å². The van der Waals surface area contributed by atoms with Gasteiger partial charge in [0.05, 0.1) is 18.2 Å². The van der Waals surface area contributed by atoms with Crippen LogP contribution in [0.2, 0.25) is 0 Å². The number of benzene rings is 1. The molecule has 0 atom stereocenters. The van der Waals surface area contributed by atoms with Gasteiger partial charge in [-0.3, -0.25) is 0 Å². The van der Waals surface area contributed by atoms with Crippen LogP contribution in [0.3, 0.4) is 0 Å². The molecule has 6 heteroatoms. The third-order valence-corrected chi connectivity index (χ3v) is 2.29. The highest BCUT2D eigenvalue weighted by Gasteiger charge is 2.23. The molecule has 17 heavy (non-hydrogen) atoms. The number of esters is 1. The van der Waals surface area contributed by atoms with Gasteiger partial charge in [-0.1, -0.05) is 6.07 Å². The van der Waals surface area contributed by atoms with Crippen molar-refractivity contribution in [3.05, 3.63) is 34.4 Å². The Kier molecular flexibility index (Phi) is 4.12. The highest BCUT2D eigenvalue weighted by Crippen LogP contribution is 2.29. The number of hydrogen-bond acceptors (Lipinski definition) is 4. The zero-order valence-corrected chi connectivity index (χ0v) is 9.04. The van der Waals surface area contributed by atoms with Gasteiger partial charge in [-0.25, -0.2) is 13.6 Å². The molecule has 0 amide bonds. The van der Waals surface area contributed by atoms with Gasteiger partial charge in [-0.2, -0.15) is 5.26 Å². The molecule has 0 aromatic heterocycles. The standard InChI is InChI=1S/C11H10F2N2O2/c1-17-11(16)7-3-2-6(4-14)9(10(12)13)8(7)5-15/h2-3,10H,4,14H2,1H3. The highest BCUT2D eigenvalue weighted by atomic mass is 19.3. The molecular weight excluding hydrogens is 230 g/mol. The number of carbonyl (C=O) groups excluding carboxylic acids is 1. The van der Waals surface area contributed by atoms with Gasteiger partial charge in [0.2, 0.25) is 0 Å². The Morgan fingerprint density at radius 2 is 2.24 bits per heavy atom. The van der Waals surface area contributed by atoms with E-state index in [1.807, 2.05) is 0 Å². The maximum atomic E-state index is 12.9. The van der Waals surface area contributed by atoms with Gasteiger partial charge in [0.25, 0.3) is 6.43 Å². The van der Waals surface area contributed by atoms with Crippen LogP contribution in [0.4, 0.5) is 8.78 Å². The zero-order valence-electron chi connectivity index (χ0n) is 9.04. The first-order chi connectivity index (χ1) is 8.06. The van der Waals surface area contributed by atoms with Crippen LogP contribution in [0.25, 0.3) is 0 Å². The van der Waals surface area contributed by atoms with Crippen molar-refractivity contribution in [1.29, 1.82) is 5.26 Å². The summed E-state index contributed by atoms with van der Waals surface area (Å²) in [5, 5.41) is 8.88. The van der Waals surface area contributed by atoms with E-state index in [9.17, 15) is 13.6 Å². The van der Waals surface area contributed by atoms with Crippen molar-refractivity contribution < 1.29 is 18.3 Å². The Morgan fingerprint density at radius 3 is 2.65 bits per heavy atom. The summed E-state index contributed by atoms with van der Waals surface area (Å²) in [6.45, 7) is -0.129. The molecule has 0 saturated carbocycles. The van der Waals surface area contributed by atoms with Gasteiger partial charge in [0.1, 0.15) is 6.07 Å². The SMILES string of the molecule is COC(=O)c1ccc(CN)c(C(F)F)c1C#N. The van der Waals surface area contributed by atoms with Crippen molar-refractivity contribution >= 4 is 5.97 Å². The number of ether oxygens (including phenoxy) is 1. The van der Waals surface area contributed by atoms with Crippen molar-refractivity contribution in [2.24, 2.45) is 5.73 Å². The van der Waals surface area contributed by atoms with Gasteiger partial charge >= 0.3 is 5.97 Å². The molecule has 1 aromatic rings. The molecule has 0 fully saturated rings. The van der Waals surface area contributed by atoms with E-state index >= 15 is 0 Å². The maximum Gasteiger partial charge on any atom is 0.339 e. The van der Waals surface area contributed by atoms with E-state index in [1.165, 1.54) is 12.1 Å². The topological polar surface area (TPSA) is 76.1 Å². The Labute approximate surface area is 96.6 Å². The lowest BCUT2D eigenvalue weighted by Gasteiger charge is -2.11. The van der Waals surface area contributed by atoms with Crippen molar-refractivity contribution in [3.8, 4) is 6.07 Å². The first-order valence-corrected chi connectivity index (χ1v) is 4.69. The largest absolute Gasteiger partial charge is 0.465 e. The maximum absolute atomic E-state index is 12.9. The second kappa shape index (κ2) is 5.37. The van der Waals surface area contributed by atoms with Crippen molar-refractivity contribution in [2.45, 2.75) is 13.0 Å². The van der Waals surface area contributed by atoms with E-state index in [2.05, 4.69) is 4.74 Å². The Balaban J connectivity index is 3.53. The molecule has 0 heterocycles. The monoisotopic (exact) mass is 240 g/mol. The van der Waals surface area contributed by atoms with Gasteiger partial charge in [0.15, 0.2) is 0 Å². The van der Waals surface area contributed by atoms with Gasteiger partial charge in [-0.05, 0) is 11.6 Å². The number of halogens is 2. The van der Waals surface area contributed by atoms with E-state index in [4.69, 9.17) is 11.0 Å². The molecule has 0 unspecified atom stereocenters. The van der Waals surface area contributed by atoms with Crippen LogP contribution in [0.15, 0.2) is 12.1 Å². The summed E-state index contributed by atoms with van der Waals surface area (Å²) in [6, 6.07) is 4.16. The lowest BCUT2D eigenvalue weighted by molar-refractivity contribution is 0.0600. The normalized spacial score (nSPS) is 10.1. The van der Waals surface area contributed by atoms with E-state index in [1.54, 1.807) is 6.07 Å². The summed E-state index contributed by atoms with van der Waals surface area (Å²) in [5.74, 6) is -0.827. The fourth-order valence-electron chi connectivity index (χ4n) is 1.49. The number of nitriles is 1. The number of carbonyl (C=O) groups is 1. The molecule has 0 aliphatic rings.